The van der Waals surface area contributed by atoms with Gasteiger partial charge in [-0.15, -0.1) is 0 Å². The van der Waals surface area contributed by atoms with E-state index in [0.29, 0.717) is 12.8 Å². The average molecular weight is 214 g/mol. The molecular weight excluding hydrogens is 188 g/mol. The van der Waals surface area contributed by atoms with E-state index >= 15 is 0 Å². The number of carbonyl (C=O) groups is 1. The van der Waals surface area contributed by atoms with Gasteiger partial charge in [-0.2, -0.15) is 0 Å². The number of hydrogen-bond acceptors (Lipinski definition) is 2. The summed E-state index contributed by atoms with van der Waals surface area (Å²) in [7, 11) is 0. The number of rotatable bonds is 10. The molecule has 0 spiro atoms. The third-order valence-corrected chi connectivity index (χ3v) is 2.79. The molecule has 2 nitrogen and oxygen atoms in total. The Kier molecular flexibility index (Phi) is 9.91. The number of ketones is 1. The van der Waals surface area contributed by atoms with Gasteiger partial charge in [0.05, 0.1) is 0 Å². The van der Waals surface area contributed by atoms with E-state index in [0.717, 1.165) is 12.8 Å². The standard InChI is InChI=1S/C13H26O2/c1-3-5-6-7-8-9-10-11-13(15)12(14)4-2/h12,14H,3-11H2,1-2H3/t12-/m0/s1. The van der Waals surface area contributed by atoms with E-state index in [9.17, 15) is 9.90 Å². The molecule has 2 heteroatoms. The highest BCUT2D eigenvalue weighted by Crippen LogP contribution is 2.09. The van der Waals surface area contributed by atoms with Gasteiger partial charge in [-0.3, -0.25) is 4.79 Å². The van der Waals surface area contributed by atoms with Gasteiger partial charge in [-0.05, 0) is 12.8 Å². The molecule has 1 atom stereocenters. The molecule has 0 aliphatic heterocycles. The van der Waals surface area contributed by atoms with Crippen molar-refractivity contribution < 1.29 is 9.90 Å². The molecule has 0 amide bonds. The van der Waals surface area contributed by atoms with E-state index in [1.807, 2.05) is 6.92 Å². The Balaban J connectivity index is 3.20. The van der Waals surface area contributed by atoms with Gasteiger partial charge < -0.3 is 5.11 Å². The lowest BCUT2D eigenvalue weighted by atomic mass is 10.0. The van der Waals surface area contributed by atoms with Crippen molar-refractivity contribution in [1.82, 2.24) is 0 Å². The number of carbonyl (C=O) groups excluding carboxylic acids is 1. The molecule has 1 N–H and O–H groups in total. The van der Waals surface area contributed by atoms with Crippen LogP contribution in [0.3, 0.4) is 0 Å². The summed E-state index contributed by atoms with van der Waals surface area (Å²) in [6.07, 6.45) is 8.92. The summed E-state index contributed by atoms with van der Waals surface area (Å²) >= 11 is 0. The molecule has 0 aliphatic carbocycles. The molecule has 0 aliphatic rings. The quantitative estimate of drug-likeness (QED) is 0.565. The molecule has 0 aromatic heterocycles. The topological polar surface area (TPSA) is 37.3 Å². The number of aliphatic hydroxyl groups excluding tert-OH is 1. The Morgan fingerprint density at radius 2 is 1.53 bits per heavy atom. The minimum atomic E-state index is -0.718. The minimum Gasteiger partial charge on any atom is -0.385 e. The van der Waals surface area contributed by atoms with Crippen molar-refractivity contribution in [1.29, 1.82) is 0 Å². The molecule has 0 saturated heterocycles. The molecule has 0 aromatic rings. The highest BCUT2D eigenvalue weighted by Gasteiger charge is 2.10. The summed E-state index contributed by atoms with van der Waals surface area (Å²) in [5.41, 5.74) is 0. The summed E-state index contributed by atoms with van der Waals surface area (Å²) in [5, 5.41) is 9.25. The van der Waals surface area contributed by atoms with Crippen molar-refractivity contribution in [3.63, 3.8) is 0 Å². The van der Waals surface area contributed by atoms with Crippen LogP contribution in [0.15, 0.2) is 0 Å². The Bertz CT molecular complexity index is 155. The van der Waals surface area contributed by atoms with Crippen LogP contribution in [0.5, 0.6) is 0 Å². The van der Waals surface area contributed by atoms with Crippen molar-refractivity contribution in [2.45, 2.75) is 77.7 Å². The summed E-state index contributed by atoms with van der Waals surface area (Å²) in [6.45, 7) is 4.05. The Morgan fingerprint density at radius 1 is 1.00 bits per heavy atom. The van der Waals surface area contributed by atoms with Crippen LogP contribution in [0.2, 0.25) is 0 Å². The van der Waals surface area contributed by atoms with Crippen LogP contribution in [0.4, 0.5) is 0 Å². The normalized spacial score (nSPS) is 12.7. The number of aliphatic hydroxyl groups is 1. The van der Waals surface area contributed by atoms with Crippen molar-refractivity contribution in [2.75, 3.05) is 0 Å². The van der Waals surface area contributed by atoms with E-state index in [1.165, 1.54) is 32.1 Å². The maximum absolute atomic E-state index is 11.3. The van der Waals surface area contributed by atoms with Crippen LogP contribution in [0, 0.1) is 0 Å². The van der Waals surface area contributed by atoms with Crippen molar-refractivity contribution >= 4 is 5.78 Å². The van der Waals surface area contributed by atoms with Crippen LogP contribution < -0.4 is 0 Å². The second-order valence-electron chi connectivity index (χ2n) is 4.26. The summed E-state index contributed by atoms with van der Waals surface area (Å²) < 4.78 is 0. The maximum atomic E-state index is 11.3. The molecule has 90 valence electrons. The summed E-state index contributed by atoms with van der Waals surface area (Å²) in [5.74, 6) is 0.0195. The molecule has 0 aromatic carbocycles. The predicted octanol–water partition coefficient (Wildman–Crippen LogP) is 3.47. The predicted molar refractivity (Wildman–Crippen MR) is 63.9 cm³/mol. The molecule has 0 heterocycles. The molecule has 0 unspecified atom stereocenters. The smallest absolute Gasteiger partial charge is 0.161 e. The summed E-state index contributed by atoms with van der Waals surface area (Å²) in [4.78, 5) is 11.3. The van der Waals surface area contributed by atoms with Crippen molar-refractivity contribution in [3.8, 4) is 0 Å². The van der Waals surface area contributed by atoms with Gasteiger partial charge in [0.25, 0.3) is 0 Å². The van der Waals surface area contributed by atoms with E-state index < -0.39 is 6.10 Å². The summed E-state index contributed by atoms with van der Waals surface area (Å²) in [6, 6.07) is 0. The van der Waals surface area contributed by atoms with Gasteiger partial charge in [0.15, 0.2) is 5.78 Å². The lowest BCUT2D eigenvalue weighted by molar-refractivity contribution is -0.127. The Hall–Kier alpha value is -0.370. The first-order chi connectivity index (χ1) is 7.22. The van der Waals surface area contributed by atoms with Crippen LogP contribution in [0.25, 0.3) is 0 Å². The lowest BCUT2D eigenvalue weighted by Crippen LogP contribution is -2.18. The fraction of sp³-hybridized carbons (Fsp3) is 0.923. The van der Waals surface area contributed by atoms with Crippen LogP contribution in [-0.2, 0) is 4.79 Å². The molecule has 15 heavy (non-hydrogen) atoms. The second kappa shape index (κ2) is 10.2. The van der Waals surface area contributed by atoms with Gasteiger partial charge >= 0.3 is 0 Å². The van der Waals surface area contributed by atoms with E-state index in [2.05, 4.69) is 6.92 Å². The average Bonchev–Trinajstić information content (AvgIpc) is 2.26. The molecule has 0 fully saturated rings. The van der Waals surface area contributed by atoms with Gasteiger partial charge in [0.2, 0.25) is 0 Å². The van der Waals surface area contributed by atoms with Gasteiger partial charge in [-0.25, -0.2) is 0 Å². The highest BCUT2D eigenvalue weighted by atomic mass is 16.3. The van der Waals surface area contributed by atoms with Crippen molar-refractivity contribution in [3.05, 3.63) is 0 Å². The third-order valence-electron chi connectivity index (χ3n) is 2.79. The van der Waals surface area contributed by atoms with Crippen molar-refractivity contribution in [2.24, 2.45) is 0 Å². The minimum absolute atomic E-state index is 0.0195. The molecular formula is C13H26O2. The zero-order valence-electron chi connectivity index (χ0n) is 10.3. The first kappa shape index (κ1) is 14.6. The molecule has 0 bridgehead atoms. The first-order valence-corrected chi connectivity index (χ1v) is 6.43. The third kappa shape index (κ3) is 8.61. The zero-order valence-corrected chi connectivity index (χ0v) is 10.3. The van der Waals surface area contributed by atoms with Gasteiger partial charge in [0, 0.05) is 6.42 Å². The number of Topliss-reactive ketones (excluding diaryl/α,β-unsaturated/α-hetero) is 1. The molecule has 0 rings (SSSR count). The Labute approximate surface area is 94.1 Å². The monoisotopic (exact) mass is 214 g/mol. The maximum Gasteiger partial charge on any atom is 0.161 e. The SMILES string of the molecule is CCCCCCCCCC(=O)[C@@H](O)CC. The lowest BCUT2D eigenvalue weighted by Gasteiger charge is -2.05. The fourth-order valence-corrected chi connectivity index (χ4v) is 1.65. The highest BCUT2D eigenvalue weighted by molar-refractivity contribution is 5.82. The number of unbranched alkanes of at least 4 members (excludes halogenated alkanes) is 6. The van der Waals surface area contributed by atoms with Gasteiger partial charge in [-0.1, -0.05) is 52.4 Å². The van der Waals surface area contributed by atoms with E-state index in [4.69, 9.17) is 0 Å². The van der Waals surface area contributed by atoms with E-state index in [-0.39, 0.29) is 5.78 Å². The van der Waals surface area contributed by atoms with Crippen LogP contribution >= 0.6 is 0 Å². The fourth-order valence-electron chi connectivity index (χ4n) is 1.65. The van der Waals surface area contributed by atoms with Crippen LogP contribution in [-0.4, -0.2) is 17.0 Å². The van der Waals surface area contributed by atoms with Gasteiger partial charge in [0.1, 0.15) is 6.10 Å². The van der Waals surface area contributed by atoms with E-state index in [1.54, 1.807) is 0 Å². The first-order valence-electron chi connectivity index (χ1n) is 6.43. The largest absolute Gasteiger partial charge is 0.385 e. The van der Waals surface area contributed by atoms with Crippen LogP contribution in [0.1, 0.15) is 71.6 Å². The molecule has 0 radical (unpaired) electrons. The number of hydrogen-bond donors (Lipinski definition) is 1. The Morgan fingerprint density at radius 3 is 2.07 bits per heavy atom. The molecule has 0 saturated carbocycles. The zero-order chi connectivity index (χ0) is 11.5. The second-order valence-corrected chi connectivity index (χ2v) is 4.26.